The van der Waals surface area contributed by atoms with Crippen molar-refractivity contribution in [2.75, 3.05) is 13.1 Å². The summed E-state index contributed by atoms with van der Waals surface area (Å²) < 4.78 is 0. The van der Waals surface area contributed by atoms with E-state index in [1.807, 2.05) is 0 Å². The van der Waals surface area contributed by atoms with Gasteiger partial charge in [-0.15, -0.1) is 0 Å². The molecule has 0 aromatic heterocycles. The van der Waals surface area contributed by atoms with Crippen molar-refractivity contribution >= 4 is 35.5 Å². The Kier molecular flexibility index (Phi) is 19.2. The highest BCUT2D eigenvalue weighted by atomic mass is 16.4. The fraction of sp³-hybridized carbons (Fsp3) is 0.760. The standard InChI is InChI=1S/C25H45N5O7/c1-3-4-5-6-7-8-9-10-11-12-13-14-21(32)27-16-22(33)29-18(2)24(35)28-17-23(34)30-19(25(36)37)15-20(26)31/h18-19H,3-17H2,1-2H3,(H2,26,31)(H,27,32)(H,28,35)(H,29,33)(H,30,34)(H,36,37)/t18-,19-/m0/s1. The summed E-state index contributed by atoms with van der Waals surface area (Å²) >= 11 is 0. The number of rotatable bonds is 22. The highest BCUT2D eigenvalue weighted by molar-refractivity contribution is 5.93. The molecule has 5 amide bonds. The fourth-order valence-electron chi connectivity index (χ4n) is 3.54. The molecule has 0 aliphatic heterocycles. The summed E-state index contributed by atoms with van der Waals surface area (Å²) in [7, 11) is 0. The lowest BCUT2D eigenvalue weighted by atomic mass is 10.1. The van der Waals surface area contributed by atoms with E-state index in [1.54, 1.807) is 0 Å². The van der Waals surface area contributed by atoms with E-state index in [1.165, 1.54) is 58.3 Å². The zero-order valence-corrected chi connectivity index (χ0v) is 22.2. The van der Waals surface area contributed by atoms with Crippen LogP contribution in [0.25, 0.3) is 0 Å². The Balaban J connectivity index is 3.94. The summed E-state index contributed by atoms with van der Waals surface area (Å²) in [5.74, 6) is -4.66. The minimum atomic E-state index is -1.51. The van der Waals surface area contributed by atoms with Gasteiger partial charge in [-0.3, -0.25) is 24.0 Å². The van der Waals surface area contributed by atoms with Gasteiger partial charge in [-0.25, -0.2) is 4.79 Å². The van der Waals surface area contributed by atoms with Gasteiger partial charge in [-0.2, -0.15) is 0 Å². The van der Waals surface area contributed by atoms with Crippen LogP contribution in [0.1, 0.15) is 97.3 Å². The molecule has 0 heterocycles. The molecule has 0 rings (SSSR count). The molecule has 37 heavy (non-hydrogen) atoms. The molecule has 0 saturated heterocycles. The van der Waals surface area contributed by atoms with E-state index < -0.39 is 54.6 Å². The Morgan fingerprint density at radius 1 is 0.703 bits per heavy atom. The summed E-state index contributed by atoms with van der Waals surface area (Å²) in [5.41, 5.74) is 4.93. The van der Waals surface area contributed by atoms with Gasteiger partial charge < -0.3 is 32.1 Å². The second-order valence-corrected chi connectivity index (χ2v) is 9.20. The minimum Gasteiger partial charge on any atom is -0.480 e. The molecular weight excluding hydrogens is 482 g/mol. The quantitative estimate of drug-likeness (QED) is 0.112. The van der Waals surface area contributed by atoms with Crippen LogP contribution in [0.5, 0.6) is 0 Å². The van der Waals surface area contributed by atoms with Crippen molar-refractivity contribution in [1.82, 2.24) is 21.3 Å². The highest BCUT2D eigenvalue weighted by Gasteiger charge is 2.23. The first-order valence-electron chi connectivity index (χ1n) is 13.2. The third-order valence-corrected chi connectivity index (χ3v) is 5.69. The van der Waals surface area contributed by atoms with Crippen LogP contribution in [0.4, 0.5) is 0 Å². The molecule has 0 aliphatic rings. The van der Waals surface area contributed by atoms with Crippen LogP contribution in [-0.2, 0) is 28.8 Å². The molecule has 0 fully saturated rings. The molecular formula is C25H45N5O7. The number of nitrogens with two attached hydrogens (primary N) is 1. The highest BCUT2D eigenvalue weighted by Crippen LogP contribution is 2.11. The smallest absolute Gasteiger partial charge is 0.326 e. The number of aliphatic carboxylic acids is 1. The van der Waals surface area contributed by atoms with Crippen molar-refractivity contribution in [2.45, 2.75) is 109 Å². The maximum Gasteiger partial charge on any atom is 0.326 e. The van der Waals surface area contributed by atoms with Crippen LogP contribution < -0.4 is 27.0 Å². The van der Waals surface area contributed by atoms with Crippen LogP contribution in [0.3, 0.4) is 0 Å². The van der Waals surface area contributed by atoms with Crippen LogP contribution >= 0.6 is 0 Å². The molecule has 12 heteroatoms. The molecule has 0 aromatic rings. The lowest BCUT2D eigenvalue weighted by Crippen LogP contribution is -2.51. The zero-order chi connectivity index (χ0) is 28.1. The summed E-state index contributed by atoms with van der Waals surface area (Å²) in [4.78, 5) is 69.7. The van der Waals surface area contributed by atoms with Crippen molar-refractivity contribution in [3.8, 4) is 0 Å². The number of primary amides is 1. The lowest BCUT2D eigenvalue weighted by Gasteiger charge is -2.16. The molecule has 12 nitrogen and oxygen atoms in total. The van der Waals surface area contributed by atoms with E-state index in [0.717, 1.165) is 19.3 Å². The van der Waals surface area contributed by atoms with Crippen molar-refractivity contribution in [3.63, 3.8) is 0 Å². The number of carboxylic acids is 1. The number of amides is 5. The molecule has 0 bridgehead atoms. The van der Waals surface area contributed by atoms with E-state index in [9.17, 15) is 28.8 Å². The summed E-state index contributed by atoms with van der Waals surface area (Å²) in [6, 6.07) is -2.50. The van der Waals surface area contributed by atoms with Gasteiger partial charge in [-0.05, 0) is 13.3 Å². The second-order valence-electron chi connectivity index (χ2n) is 9.20. The predicted molar refractivity (Wildman–Crippen MR) is 138 cm³/mol. The number of nitrogens with one attached hydrogen (secondary N) is 4. The van der Waals surface area contributed by atoms with Gasteiger partial charge in [0.1, 0.15) is 12.1 Å². The Morgan fingerprint density at radius 2 is 1.19 bits per heavy atom. The SMILES string of the molecule is CCCCCCCCCCCCCC(=O)NCC(=O)N[C@@H](C)C(=O)NCC(=O)N[C@@H](CC(N)=O)C(=O)O. The van der Waals surface area contributed by atoms with Gasteiger partial charge in [0.2, 0.25) is 29.5 Å². The molecule has 0 radical (unpaired) electrons. The van der Waals surface area contributed by atoms with E-state index in [4.69, 9.17) is 10.8 Å². The van der Waals surface area contributed by atoms with Gasteiger partial charge in [-0.1, -0.05) is 71.1 Å². The van der Waals surface area contributed by atoms with E-state index >= 15 is 0 Å². The third-order valence-electron chi connectivity index (χ3n) is 5.69. The molecule has 0 spiro atoms. The first-order valence-corrected chi connectivity index (χ1v) is 13.2. The number of carbonyl (C=O) groups is 6. The van der Waals surface area contributed by atoms with Crippen LogP contribution in [-0.4, -0.2) is 65.8 Å². The molecule has 0 saturated carbocycles. The Morgan fingerprint density at radius 3 is 1.70 bits per heavy atom. The third kappa shape index (κ3) is 19.7. The minimum absolute atomic E-state index is 0.233. The normalized spacial score (nSPS) is 12.2. The average molecular weight is 528 g/mol. The summed E-state index contributed by atoms with van der Waals surface area (Å²) in [6.07, 6.45) is 12.8. The van der Waals surface area contributed by atoms with Gasteiger partial charge in [0, 0.05) is 6.42 Å². The maximum atomic E-state index is 12.1. The largest absolute Gasteiger partial charge is 0.480 e. The average Bonchev–Trinajstić information content (AvgIpc) is 2.83. The van der Waals surface area contributed by atoms with E-state index in [-0.39, 0.29) is 12.5 Å². The molecule has 0 aromatic carbocycles. The van der Waals surface area contributed by atoms with Crippen molar-refractivity contribution in [3.05, 3.63) is 0 Å². The zero-order valence-electron chi connectivity index (χ0n) is 22.2. The number of hydrogen-bond acceptors (Lipinski definition) is 6. The van der Waals surface area contributed by atoms with E-state index in [2.05, 4.69) is 28.2 Å². The van der Waals surface area contributed by atoms with Crippen molar-refractivity contribution < 1.29 is 33.9 Å². The van der Waals surface area contributed by atoms with Gasteiger partial charge in [0.15, 0.2) is 0 Å². The van der Waals surface area contributed by atoms with E-state index in [0.29, 0.717) is 6.42 Å². The molecule has 2 atom stereocenters. The second kappa shape index (κ2) is 21.0. The van der Waals surface area contributed by atoms with Crippen LogP contribution in [0, 0.1) is 0 Å². The van der Waals surface area contributed by atoms with Crippen molar-refractivity contribution in [1.29, 1.82) is 0 Å². The summed E-state index contributed by atoms with van der Waals surface area (Å²) in [5, 5.41) is 18.2. The first kappa shape index (κ1) is 33.8. The molecule has 7 N–H and O–H groups in total. The maximum absolute atomic E-state index is 12.1. The lowest BCUT2D eigenvalue weighted by molar-refractivity contribution is -0.143. The topological polar surface area (TPSA) is 197 Å². The number of hydrogen-bond donors (Lipinski definition) is 6. The van der Waals surface area contributed by atoms with Crippen LogP contribution in [0.15, 0.2) is 0 Å². The Labute approximate surface area is 219 Å². The molecule has 212 valence electrons. The van der Waals surface area contributed by atoms with Crippen molar-refractivity contribution in [2.24, 2.45) is 5.73 Å². The number of carbonyl (C=O) groups excluding carboxylic acids is 5. The Hall–Kier alpha value is -3.18. The van der Waals surface area contributed by atoms with Gasteiger partial charge in [0.05, 0.1) is 19.5 Å². The first-order chi connectivity index (χ1) is 17.6. The van der Waals surface area contributed by atoms with Gasteiger partial charge >= 0.3 is 5.97 Å². The van der Waals surface area contributed by atoms with Crippen LogP contribution in [0.2, 0.25) is 0 Å². The predicted octanol–water partition coefficient (Wildman–Crippen LogP) is 0.869. The fourth-order valence-corrected chi connectivity index (χ4v) is 3.54. The molecule has 0 aliphatic carbocycles. The number of carboxylic acid groups (broad SMARTS) is 1. The summed E-state index contributed by atoms with van der Waals surface area (Å²) in [6.45, 7) is 2.77. The Bertz CT molecular complexity index is 745. The van der Waals surface area contributed by atoms with Gasteiger partial charge in [0.25, 0.3) is 0 Å². The molecule has 0 unspecified atom stereocenters. The number of unbranched alkanes of at least 4 members (excludes halogenated alkanes) is 10. The monoisotopic (exact) mass is 527 g/mol.